The number of halogens is 4. The van der Waals surface area contributed by atoms with E-state index in [-0.39, 0.29) is 21.4 Å². The zero-order valence-corrected chi connectivity index (χ0v) is 9.56. The highest BCUT2D eigenvalue weighted by atomic mass is 35.5. The molecule has 0 spiro atoms. The van der Waals surface area contributed by atoms with Crippen LogP contribution in [0, 0.1) is 0 Å². The number of aliphatic hydroxyl groups is 1. The van der Waals surface area contributed by atoms with Gasteiger partial charge in [0.2, 0.25) is 0 Å². The highest BCUT2D eigenvalue weighted by molar-refractivity contribution is 6.35. The van der Waals surface area contributed by atoms with Crippen molar-refractivity contribution in [3.05, 3.63) is 44.8 Å². The van der Waals surface area contributed by atoms with Crippen molar-refractivity contribution >= 4 is 22.4 Å². The van der Waals surface area contributed by atoms with Gasteiger partial charge in [0.25, 0.3) is 5.56 Å². The number of aromatic nitrogens is 1. The summed E-state index contributed by atoms with van der Waals surface area (Å²) in [6.45, 7) is -0.592. The third-order valence-electron chi connectivity index (χ3n) is 2.50. The summed E-state index contributed by atoms with van der Waals surface area (Å²) in [6, 6.07) is 1.98. The molecule has 7 heteroatoms. The minimum atomic E-state index is -4.65. The maximum Gasteiger partial charge on any atom is 0.417 e. The first-order chi connectivity index (χ1) is 8.34. The Hall–Kier alpha value is -1.53. The van der Waals surface area contributed by atoms with E-state index >= 15 is 0 Å². The van der Waals surface area contributed by atoms with E-state index in [1.165, 1.54) is 6.07 Å². The Balaban J connectivity index is 2.99. The lowest BCUT2D eigenvalue weighted by molar-refractivity contribution is -0.136. The van der Waals surface area contributed by atoms with Gasteiger partial charge in [-0.1, -0.05) is 11.6 Å². The molecule has 0 unspecified atom stereocenters. The number of nitrogens with one attached hydrogen (secondary N) is 1. The highest BCUT2D eigenvalue weighted by Gasteiger charge is 2.34. The number of aromatic amines is 1. The van der Waals surface area contributed by atoms with Crippen molar-refractivity contribution in [2.75, 3.05) is 0 Å². The molecule has 2 N–H and O–H groups in total. The van der Waals surface area contributed by atoms with Crippen molar-refractivity contribution in [2.24, 2.45) is 0 Å². The Labute approximate surface area is 104 Å². The molecule has 18 heavy (non-hydrogen) atoms. The molecule has 0 saturated heterocycles. The van der Waals surface area contributed by atoms with Crippen LogP contribution >= 0.6 is 11.6 Å². The molecule has 1 aromatic carbocycles. The second kappa shape index (κ2) is 4.29. The second-order valence-corrected chi connectivity index (χ2v) is 4.09. The number of benzene rings is 1. The molecule has 3 nitrogen and oxygen atoms in total. The predicted molar refractivity (Wildman–Crippen MR) is 60.5 cm³/mol. The number of hydrogen-bond donors (Lipinski definition) is 2. The van der Waals surface area contributed by atoms with E-state index in [1.807, 2.05) is 0 Å². The lowest BCUT2D eigenvalue weighted by Gasteiger charge is -2.12. The third-order valence-corrected chi connectivity index (χ3v) is 2.80. The highest BCUT2D eigenvalue weighted by Crippen LogP contribution is 2.37. The largest absolute Gasteiger partial charge is 0.417 e. The zero-order valence-electron chi connectivity index (χ0n) is 8.81. The topological polar surface area (TPSA) is 53.1 Å². The van der Waals surface area contributed by atoms with Gasteiger partial charge in [-0.15, -0.1) is 0 Å². The molecule has 0 bridgehead atoms. The van der Waals surface area contributed by atoms with Crippen molar-refractivity contribution in [1.82, 2.24) is 4.98 Å². The van der Waals surface area contributed by atoms with Crippen molar-refractivity contribution in [3.8, 4) is 0 Å². The zero-order chi connectivity index (χ0) is 13.5. The summed E-state index contributed by atoms with van der Waals surface area (Å²) < 4.78 is 38.7. The van der Waals surface area contributed by atoms with Crippen LogP contribution in [0.25, 0.3) is 10.8 Å². The third kappa shape index (κ3) is 2.09. The van der Waals surface area contributed by atoms with E-state index in [4.69, 9.17) is 16.7 Å². The van der Waals surface area contributed by atoms with Gasteiger partial charge in [0.05, 0.1) is 17.2 Å². The van der Waals surface area contributed by atoms with Gasteiger partial charge in [-0.3, -0.25) is 4.79 Å². The number of fused-ring (bicyclic) bond motifs is 1. The Morgan fingerprint density at radius 1 is 1.33 bits per heavy atom. The molecule has 96 valence electrons. The molecule has 0 atom stereocenters. The Bertz CT molecular complexity index is 664. The van der Waals surface area contributed by atoms with Gasteiger partial charge >= 0.3 is 6.18 Å². The van der Waals surface area contributed by atoms with Crippen molar-refractivity contribution < 1.29 is 18.3 Å². The minimum Gasteiger partial charge on any atom is -0.392 e. The summed E-state index contributed by atoms with van der Waals surface area (Å²) in [6.07, 6.45) is -3.64. The maximum absolute atomic E-state index is 12.9. The molecule has 0 saturated carbocycles. The summed E-state index contributed by atoms with van der Waals surface area (Å²) >= 11 is 5.70. The van der Waals surface area contributed by atoms with Gasteiger partial charge in [-0.25, -0.2) is 0 Å². The molecule has 0 radical (unpaired) electrons. The van der Waals surface area contributed by atoms with E-state index < -0.39 is 23.9 Å². The summed E-state index contributed by atoms with van der Waals surface area (Å²) in [5, 5.41) is 8.19. The van der Waals surface area contributed by atoms with Crippen LogP contribution in [0.15, 0.2) is 23.1 Å². The molecule has 0 aliphatic heterocycles. The van der Waals surface area contributed by atoms with Crippen LogP contribution in [0.3, 0.4) is 0 Å². The van der Waals surface area contributed by atoms with Gasteiger partial charge < -0.3 is 10.1 Å². The van der Waals surface area contributed by atoms with Gasteiger partial charge in [0.15, 0.2) is 0 Å². The Kier molecular flexibility index (Phi) is 3.08. The lowest BCUT2D eigenvalue weighted by atomic mass is 10.0. The van der Waals surface area contributed by atoms with Crippen molar-refractivity contribution in [1.29, 1.82) is 0 Å². The molecule has 2 rings (SSSR count). The first-order valence-electron chi connectivity index (χ1n) is 4.86. The van der Waals surface area contributed by atoms with E-state index in [0.29, 0.717) is 0 Å². The monoisotopic (exact) mass is 277 g/mol. The van der Waals surface area contributed by atoms with Crippen LogP contribution in [-0.4, -0.2) is 10.1 Å². The first kappa shape index (κ1) is 12.9. The number of alkyl halides is 3. The van der Waals surface area contributed by atoms with Crippen LogP contribution in [0.2, 0.25) is 5.02 Å². The predicted octanol–water partition coefficient (Wildman–Crippen LogP) is 2.69. The molecule has 0 amide bonds. The molecule has 0 aliphatic carbocycles. The fourth-order valence-electron chi connectivity index (χ4n) is 1.73. The smallest absolute Gasteiger partial charge is 0.392 e. The molecule has 1 heterocycles. The molecular formula is C11H7ClF3NO2. The Morgan fingerprint density at radius 2 is 2.00 bits per heavy atom. The summed E-state index contributed by atoms with van der Waals surface area (Å²) in [4.78, 5) is 13.8. The van der Waals surface area contributed by atoms with Gasteiger partial charge in [-0.05, 0) is 17.7 Å². The SMILES string of the molecule is O=c1[nH]cc(Cl)c2c(C(F)(F)F)cc(CO)cc12. The van der Waals surface area contributed by atoms with Crippen molar-refractivity contribution in [2.45, 2.75) is 12.8 Å². The second-order valence-electron chi connectivity index (χ2n) is 3.69. The van der Waals surface area contributed by atoms with Crippen LogP contribution in [0.1, 0.15) is 11.1 Å². The van der Waals surface area contributed by atoms with E-state index in [9.17, 15) is 18.0 Å². The van der Waals surface area contributed by atoms with Gasteiger partial charge in [0, 0.05) is 17.0 Å². The average Bonchev–Trinajstić information content (AvgIpc) is 2.31. The molecular weight excluding hydrogens is 271 g/mol. The summed E-state index contributed by atoms with van der Waals surface area (Å²) in [7, 11) is 0. The normalized spacial score (nSPS) is 12.1. The minimum absolute atomic E-state index is 0.00240. The average molecular weight is 278 g/mol. The fourth-order valence-corrected chi connectivity index (χ4v) is 1.99. The number of H-pyrrole nitrogens is 1. The standard InChI is InChI=1S/C11H7ClF3NO2/c12-8-3-16-10(18)6-1-5(4-17)2-7(9(6)8)11(13,14)15/h1-3,17H,4H2,(H,16,18). The fraction of sp³-hybridized carbons (Fsp3) is 0.182. The Morgan fingerprint density at radius 3 is 2.56 bits per heavy atom. The van der Waals surface area contributed by atoms with E-state index in [0.717, 1.165) is 12.3 Å². The first-order valence-corrected chi connectivity index (χ1v) is 5.24. The molecule has 2 aromatic rings. The maximum atomic E-state index is 12.9. The van der Waals surface area contributed by atoms with Crippen LogP contribution < -0.4 is 5.56 Å². The molecule has 1 aromatic heterocycles. The van der Waals surface area contributed by atoms with E-state index in [1.54, 1.807) is 0 Å². The van der Waals surface area contributed by atoms with E-state index in [2.05, 4.69) is 4.98 Å². The summed E-state index contributed by atoms with van der Waals surface area (Å²) in [5.74, 6) is 0. The van der Waals surface area contributed by atoms with Crippen molar-refractivity contribution in [3.63, 3.8) is 0 Å². The van der Waals surface area contributed by atoms with Gasteiger partial charge in [0.1, 0.15) is 0 Å². The summed E-state index contributed by atoms with van der Waals surface area (Å²) in [5.41, 5.74) is -1.71. The quantitative estimate of drug-likeness (QED) is 0.842. The van der Waals surface area contributed by atoms with Crippen LogP contribution in [-0.2, 0) is 12.8 Å². The number of hydrogen-bond acceptors (Lipinski definition) is 2. The van der Waals surface area contributed by atoms with Gasteiger partial charge in [-0.2, -0.15) is 13.2 Å². The number of aliphatic hydroxyl groups excluding tert-OH is 1. The number of pyridine rings is 1. The molecule has 0 fully saturated rings. The van der Waals surface area contributed by atoms with Crippen LogP contribution in [0.5, 0.6) is 0 Å². The lowest BCUT2D eigenvalue weighted by Crippen LogP contribution is -2.12. The molecule has 0 aliphatic rings. The van der Waals surface area contributed by atoms with Crippen LogP contribution in [0.4, 0.5) is 13.2 Å². The number of rotatable bonds is 1.